The van der Waals surface area contributed by atoms with Gasteiger partial charge >= 0.3 is 0 Å². The van der Waals surface area contributed by atoms with Crippen LogP contribution < -0.4 is 15.4 Å². The molecule has 2 aliphatic rings. The summed E-state index contributed by atoms with van der Waals surface area (Å²) in [7, 11) is 1.59. The molecule has 37 heavy (non-hydrogen) atoms. The number of hydrogen-bond acceptors (Lipinski definition) is 8. The van der Waals surface area contributed by atoms with E-state index >= 15 is 0 Å². The quantitative estimate of drug-likeness (QED) is 0.421. The van der Waals surface area contributed by atoms with E-state index in [1.807, 2.05) is 30.9 Å². The number of piperidine rings is 1. The van der Waals surface area contributed by atoms with Crippen LogP contribution in [0.4, 0.5) is 17.5 Å². The number of anilines is 3. The largest absolute Gasteiger partial charge is 0.495 e. The van der Waals surface area contributed by atoms with E-state index in [0.717, 1.165) is 57.6 Å². The number of rotatable bonds is 7. The van der Waals surface area contributed by atoms with Crippen molar-refractivity contribution in [2.24, 2.45) is 0 Å². The maximum atomic E-state index is 13.3. The Morgan fingerprint density at radius 3 is 2.65 bits per heavy atom. The lowest BCUT2D eigenvalue weighted by Gasteiger charge is -2.40. The first-order valence-corrected chi connectivity index (χ1v) is 13.2. The number of fused-ring (bicyclic) bond motifs is 1. The lowest BCUT2D eigenvalue weighted by molar-refractivity contribution is 0.00159. The summed E-state index contributed by atoms with van der Waals surface area (Å²) in [6.07, 6.45) is 3.66. The Bertz CT molecular complexity index is 1250. The van der Waals surface area contributed by atoms with E-state index in [1.54, 1.807) is 19.4 Å². The summed E-state index contributed by atoms with van der Waals surface area (Å²) in [6, 6.07) is 6.11. The van der Waals surface area contributed by atoms with Gasteiger partial charge in [0.2, 0.25) is 5.95 Å². The zero-order chi connectivity index (χ0) is 25.9. The molecule has 1 aromatic carbocycles. The number of likely N-dealkylation sites (tertiary alicyclic amines) is 1. The normalized spacial score (nSPS) is 17.4. The molecule has 10 nitrogen and oxygen atoms in total. The number of H-pyrrole nitrogens is 1. The van der Waals surface area contributed by atoms with E-state index in [4.69, 9.17) is 21.1 Å². The maximum absolute atomic E-state index is 13.3. The summed E-state index contributed by atoms with van der Waals surface area (Å²) >= 11 is 6.35. The van der Waals surface area contributed by atoms with Crippen molar-refractivity contribution in [3.05, 3.63) is 35.0 Å². The first kappa shape index (κ1) is 25.6. The number of amides is 1. The number of hydrogen-bond donors (Lipinski definition) is 3. The van der Waals surface area contributed by atoms with Crippen molar-refractivity contribution in [1.29, 1.82) is 0 Å². The van der Waals surface area contributed by atoms with E-state index in [9.17, 15) is 4.79 Å². The third-order valence-corrected chi connectivity index (χ3v) is 7.22. The Morgan fingerprint density at radius 2 is 1.95 bits per heavy atom. The number of benzene rings is 1. The van der Waals surface area contributed by atoms with Gasteiger partial charge in [-0.25, -0.2) is 0 Å². The lowest BCUT2D eigenvalue weighted by atomic mass is 10.0. The number of nitrogens with one attached hydrogen (secondary N) is 3. The summed E-state index contributed by atoms with van der Waals surface area (Å²) in [4.78, 5) is 30.0. The van der Waals surface area contributed by atoms with Gasteiger partial charge in [0.1, 0.15) is 17.2 Å². The summed E-state index contributed by atoms with van der Waals surface area (Å²) in [6.45, 7) is 9.12. The molecule has 0 aliphatic carbocycles. The molecule has 2 aromatic heterocycles. The first-order valence-electron chi connectivity index (χ1n) is 12.8. The number of carbonyl (C=O) groups is 1. The fourth-order valence-electron chi connectivity index (χ4n) is 5.04. The molecule has 4 heterocycles. The Labute approximate surface area is 221 Å². The molecule has 2 aliphatic heterocycles. The topological polar surface area (TPSA) is 108 Å². The van der Waals surface area contributed by atoms with Gasteiger partial charge in [0, 0.05) is 50.0 Å². The number of aromatic amines is 1. The molecule has 198 valence electrons. The summed E-state index contributed by atoms with van der Waals surface area (Å²) in [5.41, 5.74) is 1.89. The number of ether oxygens (including phenoxy) is 2. The lowest BCUT2D eigenvalue weighted by Crippen LogP contribution is -2.50. The van der Waals surface area contributed by atoms with Crippen molar-refractivity contribution < 1.29 is 14.3 Å². The second-order valence-electron chi connectivity index (χ2n) is 9.77. The van der Waals surface area contributed by atoms with Gasteiger partial charge in [-0.3, -0.25) is 9.69 Å². The highest BCUT2D eigenvalue weighted by atomic mass is 35.5. The van der Waals surface area contributed by atoms with Gasteiger partial charge in [-0.15, -0.1) is 0 Å². The molecule has 2 fully saturated rings. The average Bonchev–Trinajstić information content (AvgIpc) is 3.29. The van der Waals surface area contributed by atoms with Crippen LogP contribution in [0.2, 0.25) is 5.02 Å². The maximum Gasteiger partial charge on any atom is 0.253 e. The van der Waals surface area contributed by atoms with Gasteiger partial charge in [-0.2, -0.15) is 9.97 Å². The predicted molar refractivity (Wildman–Crippen MR) is 145 cm³/mol. The summed E-state index contributed by atoms with van der Waals surface area (Å²) < 4.78 is 11.1. The Kier molecular flexibility index (Phi) is 7.68. The van der Waals surface area contributed by atoms with Crippen LogP contribution in [0.1, 0.15) is 37.0 Å². The van der Waals surface area contributed by atoms with Gasteiger partial charge in [0.15, 0.2) is 0 Å². The zero-order valence-electron chi connectivity index (χ0n) is 21.5. The van der Waals surface area contributed by atoms with Gasteiger partial charge in [0.25, 0.3) is 5.91 Å². The summed E-state index contributed by atoms with van der Waals surface area (Å²) in [5.74, 6) is 1.59. The van der Waals surface area contributed by atoms with Crippen LogP contribution in [-0.4, -0.2) is 89.2 Å². The second-order valence-corrected chi connectivity index (χ2v) is 10.2. The first-order chi connectivity index (χ1) is 17.9. The number of methoxy groups -OCH3 is 1. The molecular formula is C26H34ClN7O3. The minimum absolute atomic E-state index is 0.0207. The molecule has 0 bridgehead atoms. The van der Waals surface area contributed by atoms with Crippen molar-refractivity contribution in [3.8, 4) is 5.75 Å². The van der Waals surface area contributed by atoms with Crippen molar-refractivity contribution >= 4 is 46.0 Å². The number of halogens is 1. The van der Waals surface area contributed by atoms with Gasteiger partial charge in [-0.1, -0.05) is 11.6 Å². The van der Waals surface area contributed by atoms with Crippen molar-refractivity contribution in [2.45, 2.75) is 38.8 Å². The molecule has 0 unspecified atom stereocenters. The number of aromatic nitrogens is 3. The zero-order valence-corrected chi connectivity index (χ0v) is 22.3. The standard InChI is InChI=1S/C26H34ClN7O3/c1-16(2)29-24-22-19(27)15-28-23(22)31-26(32-24)30-20-5-4-17(14-21(20)36-3)25(35)34-8-6-18(7-9-34)33-10-12-37-13-11-33/h4-5,14-16,18H,6-13H2,1-3H3,(H3,28,29,30,31,32). The van der Waals surface area contributed by atoms with E-state index in [-0.39, 0.29) is 11.9 Å². The highest BCUT2D eigenvalue weighted by Gasteiger charge is 2.28. The van der Waals surface area contributed by atoms with E-state index < -0.39 is 0 Å². The second kappa shape index (κ2) is 11.1. The molecular weight excluding hydrogens is 494 g/mol. The summed E-state index contributed by atoms with van der Waals surface area (Å²) in [5, 5.41) is 7.86. The number of morpholine rings is 1. The highest BCUT2D eigenvalue weighted by molar-refractivity contribution is 6.36. The van der Waals surface area contributed by atoms with Crippen LogP contribution >= 0.6 is 11.6 Å². The third-order valence-electron chi connectivity index (χ3n) is 6.92. The van der Waals surface area contributed by atoms with Crippen LogP contribution in [-0.2, 0) is 4.74 Å². The fraction of sp³-hybridized carbons (Fsp3) is 0.500. The molecule has 0 atom stereocenters. The molecule has 1 amide bonds. The van der Waals surface area contributed by atoms with Gasteiger partial charge in [0.05, 0.1) is 36.4 Å². The van der Waals surface area contributed by atoms with E-state index in [1.165, 1.54) is 0 Å². The molecule has 2 saturated heterocycles. The smallest absolute Gasteiger partial charge is 0.253 e. The SMILES string of the molecule is COc1cc(C(=O)N2CCC(N3CCOCC3)CC2)ccc1Nc1nc(NC(C)C)c2c(Cl)c[nH]c2n1. The molecule has 3 N–H and O–H groups in total. The Morgan fingerprint density at radius 1 is 1.19 bits per heavy atom. The van der Waals surface area contributed by atoms with E-state index in [2.05, 4.69) is 30.5 Å². The molecule has 3 aromatic rings. The number of carbonyl (C=O) groups excluding carboxylic acids is 1. The predicted octanol–water partition coefficient (Wildman–Crippen LogP) is 4.12. The number of nitrogens with zero attached hydrogens (tertiary/aromatic N) is 4. The van der Waals surface area contributed by atoms with Crippen LogP contribution in [0.3, 0.4) is 0 Å². The monoisotopic (exact) mass is 527 g/mol. The third kappa shape index (κ3) is 5.61. The molecule has 5 rings (SSSR count). The van der Waals surface area contributed by atoms with Crippen molar-refractivity contribution in [1.82, 2.24) is 24.8 Å². The van der Waals surface area contributed by atoms with Gasteiger partial charge < -0.3 is 30.0 Å². The van der Waals surface area contributed by atoms with Crippen LogP contribution in [0.25, 0.3) is 11.0 Å². The van der Waals surface area contributed by atoms with Crippen molar-refractivity contribution in [3.63, 3.8) is 0 Å². The Hall–Kier alpha value is -3.08. The average molecular weight is 528 g/mol. The molecule has 0 radical (unpaired) electrons. The fourth-order valence-corrected chi connectivity index (χ4v) is 5.27. The molecule has 0 saturated carbocycles. The Balaban J connectivity index is 1.30. The van der Waals surface area contributed by atoms with E-state index in [0.29, 0.717) is 45.5 Å². The van der Waals surface area contributed by atoms with Gasteiger partial charge in [-0.05, 0) is 44.9 Å². The minimum Gasteiger partial charge on any atom is -0.495 e. The minimum atomic E-state index is 0.0207. The highest BCUT2D eigenvalue weighted by Crippen LogP contribution is 2.33. The molecule has 11 heteroatoms. The molecule has 0 spiro atoms. The van der Waals surface area contributed by atoms with Crippen LogP contribution in [0.5, 0.6) is 5.75 Å². The van der Waals surface area contributed by atoms with Crippen LogP contribution in [0.15, 0.2) is 24.4 Å². The van der Waals surface area contributed by atoms with Crippen molar-refractivity contribution in [2.75, 3.05) is 57.1 Å². The van der Waals surface area contributed by atoms with Crippen LogP contribution in [0, 0.1) is 0 Å².